The number of benzene rings is 6. The SMILES string of the molecule is C/C=C(\C=C(/C)CN)c1cccc(C(/C=C\CC)=C/Cc2cccc(C)c2)c1.CC.CC.CC.N=C(N)c1ccccc1.NC(=NCc1ccccc1)c1ccccc1.NCc1ccccc1. The quantitative estimate of drug-likeness (QED) is 0.0447. The number of nitrogens with one attached hydrogen (secondary N) is 1. The van der Waals surface area contributed by atoms with Gasteiger partial charge in [-0.25, -0.2) is 0 Å². The molecule has 9 N–H and O–H groups in total. The molecule has 0 fully saturated rings. The number of nitrogen functional groups attached to an aromatic ring is 1. The van der Waals surface area contributed by atoms with E-state index in [0.29, 0.717) is 25.5 Å². The molecule has 6 aromatic carbocycles. The summed E-state index contributed by atoms with van der Waals surface area (Å²) in [6.45, 7) is 22.3. The van der Waals surface area contributed by atoms with Crippen LogP contribution in [0.3, 0.4) is 0 Å². The van der Waals surface area contributed by atoms with Crippen LogP contribution in [0.4, 0.5) is 0 Å². The van der Waals surface area contributed by atoms with Crippen molar-refractivity contribution in [3.8, 4) is 0 Å². The first kappa shape index (κ1) is 60.1. The molecule has 0 saturated carbocycles. The summed E-state index contributed by atoms with van der Waals surface area (Å²) in [6.07, 6.45) is 13.1. The van der Waals surface area contributed by atoms with Gasteiger partial charge in [0.2, 0.25) is 0 Å². The highest BCUT2D eigenvalue weighted by Gasteiger charge is 2.04. The lowest BCUT2D eigenvalue weighted by atomic mass is 9.96. The van der Waals surface area contributed by atoms with Crippen molar-refractivity contribution >= 4 is 22.8 Å². The van der Waals surface area contributed by atoms with Gasteiger partial charge < -0.3 is 22.9 Å². The number of hydrogen-bond donors (Lipinski definition) is 5. The molecule has 0 aliphatic carbocycles. The number of rotatable bonds is 13. The molecule has 6 rings (SSSR count). The Labute approximate surface area is 406 Å². The van der Waals surface area contributed by atoms with Crippen molar-refractivity contribution in [2.75, 3.05) is 6.54 Å². The first-order chi connectivity index (χ1) is 32.7. The zero-order valence-electron chi connectivity index (χ0n) is 42.3. The molecule has 356 valence electrons. The molecule has 0 spiro atoms. The third-order valence-corrected chi connectivity index (χ3v) is 9.25. The molecule has 6 nitrogen and oxygen atoms in total. The first-order valence-corrected chi connectivity index (χ1v) is 23.8. The Morgan fingerprint density at radius 2 is 1.03 bits per heavy atom. The predicted molar refractivity (Wildman–Crippen MR) is 298 cm³/mol. The van der Waals surface area contributed by atoms with Gasteiger partial charge in [0, 0.05) is 24.2 Å². The van der Waals surface area contributed by atoms with Crippen LogP contribution >= 0.6 is 0 Å². The molecular weight excluding hydrogens is 817 g/mol. The second kappa shape index (κ2) is 39.5. The molecule has 6 heteroatoms. The molecule has 6 aromatic rings. The van der Waals surface area contributed by atoms with Gasteiger partial charge in [0.05, 0.1) is 6.54 Å². The van der Waals surface area contributed by atoms with E-state index < -0.39 is 0 Å². The van der Waals surface area contributed by atoms with Crippen molar-refractivity contribution < 1.29 is 0 Å². The Bertz CT molecular complexity index is 2310. The lowest BCUT2D eigenvalue weighted by Crippen LogP contribution is -2.13. The van der Waals surface area contributed by atoms with E-state index in [-0.39, 0.29) is 5.84 Å². The van der Waals surface area contributed by atoms with Crippen molar-refractivity contribution in [2.45, 2.75) is 95.2 Å². The summed E-state index contributed by atoms with van der Waals surface area (Å²) in [5.74, 6) is 0.708. The van der Waals surface area contributed by atoms with Gasteiger partial charge in [-0.2, -0.15) is 0 Å². The Morgan fingerprint density at radius 3 is 1.48 bits per heavy atom. The average Bonchev–Trinajstić information content (AvgIpc) is 3.40. The summed E-state index contributed by atoms with van der Waals surface area (Å²) in [7, 11) is 0. The number of aliphatic imine (C=N–C) groups is 1. The minimum atomic E-state index is 0.121. The number of aryl methyl sites for hydroxylation is 1. The molecule has 0 saturated heterocycles. The van der Waals surface area contributed by atoms with E-state index in [4.69, 9.17) is 28.3 Å². The Morgan fingerprint density at radius 1 is 0.567 bits per heavy atom. The minimum absolute atomic E-state index is 0.121. The van der Waals surface area contributed by atoms with Crippen LogP contribution in [0.25, 0.3) is 11.1 Å². The highest BCUT2D eigenvalue weighted by atomic mass is 14.8. The van der Waals surface area contributed by atoms with Crippen LogP contribution in [-0.4, -0.2) is 18.2 Å². The molecule has 67 heavy (non-hydrogen) atoms. The van der Waals surface area contributed by atoms with Gasteiger partial charge in [-0.1, -0.05) is 254 Å². The second-order valence-electron chi connectivity index (χ2n) is 14.2. The summed E-state index contributed by atoms with van der Waals surface area (Å²) < 4.78 is 0. The fourth-order valence-electron chi connectivity index (χ4n) is 5.82. The monoisotopic (exact) mass is 899 g/mol. The number of allylic oxidation sites excluding steroid dienone is 7. The minimum Gasteiger partial charge on any atom is -0.384 e. The number of nitrogens with two attached hydrogens (primary N) is 4. The average molecular weight is 899 g/mol. The summed E-state index contributed by atoms with van der Waals surface area (Å²) in [5, 5.41) is 7.01. The number of nitrogens with zero attached hydrogens (tertiary/aromatic N) is 1. The Hall–Kier alpha value is -6.86. The van der Waals surface area contributed by atoms with Gasteiger partial charge in [-0.3, -0.25) is 10.4 Å². The molecular formula is C61H82N6. The van der Waals surface area contributed by atoms with Gasteiger partial charge in [0.15, 0.2) is 0 Å². The third-order valence-electron chi connectivity index (χ3n) is 9.25. The summed E-state index contributed by atoms with van der Waals surface area (Å²) in [6, 6.07) is 56.6. The van der Waals surface area contributed by atoms with Crippen LogP contribution < -0.4 is 22.9 Å². The van der Waals surface area contributed by atoms with Crippen LogP contribution in [0, 0.1) is 12.3 Å². The molecule has 0 aromatic heterocycles. The molecule has 0 unspecified atom stereocenters. The summed E-state index contributed by atoms with van der Waals surface area (Å²) in [4.78, 5) is 4.36. The number of hydrogen-bond acceptors (Lipinski definition) is 4. The van der Waals surface area contributed by atoms with Crippen LogP contribution in [0.5, 0.6) is 0 Å². The summed E-state index contributed by atoms with van der Waals surface area (Å²) >= 11 is 0. The first-order valence-electron chi connectivity index (χ1n) is 23.8. The van der Waals surface area contributed by atoms with Crippen molar-refractivity contribution in [3.05, 3.63) is 250 Å². The van der Waals surface area contributed by atoms with Crippen molar-refractivity contribution in [3.63, 3.8) is 0 Å². The van der Waals surface area contributed by atoms with Gasteiger partial charge in [0.1, 0.15) is 11.7 Å². The van der Waals surface area contributed by atoms with E-state index in [2.05, 4.69) is 112 Å². The maximum absolute atomic E-state index is 7.01. The highest BCUT2D eigenvalue weighted by Crippen LogP contribution is 2.24. The van der Waals surface area contributed by atoms with E-state index in [9.17, 15) is 0 Å². The van der Waals surface area contributed by atoms with Crippen LogP contribution in [-0.2, 0) is 19.5 Å². The van der Waals surface area contributed by atoms with E-state index in [1.807, 2.05) is 163 Å². The Kier molecular flexibility index (Phi) is 35.5. The standard InChI is InChI=1S/C27H33N.C14H14N2.C7H8N2.C7H9N.3C2H6/c1-5-7-12-25(16-15-23-11-8-10-21(3)17-23)27-14-9-13-26(19-27)24(6-2)18-22(4)20-28;15-14(13-9-5-2-6-10-13)16-11-12-7-3-1-4-8-12;8-7(9)6-4-2-1-3-5-6;8-6-7-4-2-1-3-5-7;3*1-2/h6-14,16-19H,5,15,20,28H2,1-4H3;1-10H,11H2,(H2,15,16);1-5H,(H3,8,9);1-5H,6,8H2;3*1-2H3/b12-7-,22-18+,24-6+,25-16+;;;;;;. The molecule has 0 amide bonds. The zero-order chi connectivity index (χ0) is 50.1. The molecule has 0 atom stereocenters. The van der Waals surface area contributed by atoms with E-state index in [0.717, 1.165) is 24.0 Å². The van der Waals surface area contributed by atoms with E-state index >= 15 is 0 Å². The Balaban J connectivity index is 0.000000933. The van der Waals surface area contributed by atoms with Crippen LogP contribution in [0.15, 0.2) is 211 Å². The number of amidine groups is 2. The molecule has 0 aliphatic rings. The maximum Gasteiger partial charge on any atom is 0.125 e. The normalized spacial score (nSPS) is 10.9. The topological polar surface area (TPSA) is 140 Å². The fourth-order valence-corrected chi connectivity index (χ4v) is 5.82. The van der Waals surface area contributed by atoms with Crippen molar-refractivity contribution in [1.82, 2.24) is 0 Å². The highest BCUT2D eigenvalue weighted by molar-refractivity contribution is 5.97. The maximum atomic E-state index is 7.01. The van der Waals surface area contributed by atoms with E-state index in [1.165, 1.54) is 50.1 Å². The molecule has 0 aliphatic heterocycles. The van der Waals surface area contributed by atoms with Crippen LogP contribution in [0.1, 0.15) is 113 Å². The predicted octanol–water partition coefficient (Wildman–Crippen LogP) is 14.7. The van der Waals surface area contributed by atoms with Gasteiger partial charge in [-0.05, 0) is 78.6 Å². The molecule has 0 heterocycles. The smallest absolute Gasteiger partial charge is 0.125 e. The van der Waals surface area contributed by atoms with Gasteiger partial charge in [-0.15, -0.1) is 0 Å². The molecule has 0 bridgehead atoms. The third kappa shape index (κ3) is 26.6. The summed E-state index contributed by atoms with van der Waals surface area (Å²) in [5.41, 5.74) is 35.1. The van der Waals surface area contributed by atoms with Gasteiger partial charge in [0.25, 0.3) is 0 Å². The zero-order valence-corrected chi connectivity index (χ0v) is 42.3. The molecule has 0 radical (unpaired) electrons. The lowest BCUT2D eigenvalue weighted by Gasteiger charge is -2.09. The van der Waals surface area contributed by atoms with Gasteiger partial charge >= 0.3 is 0 Å². The largest absolute Gasteiger partial charge is 0.384 e. The second-order valence-corrected chi connectivity index (χ2v) is 14.2. The van der Waals surface area contributed by atoms with E-state index in [1.54, 1.807) is 0 Å². The van der Waals surface area contributed by atoms with Crippen molar-refractivity contribution in [2.24, 2.45) is 27.9 Å². The lowest BCUT2D eigenvalue weighted by molar-refractivity contribution is 1.06. The fraction of sp³-hybridized carbons (Fsp3) is 0.246. The van der Waals surface area contributed by atoms with Crippen LogP contribution in [0.2, 0.25) is 0 Å². The van der Waals surface area contributed by atoms with Crippen molar-refractivity contribution in [1.29, 1.82) is 5.41 Å².